The van der Waals surface area contributed by atoms with E-state index in [4.69, 9.17) is 16.3 Å². The van der Waals surface area contributed by atoms with Crippen LogP contribution in [0.1, 0.15) is 11.1 Å². The van der Waals surface area contributed by atoms with E-state index in [0.717, 1.165) is 28.3 Å². The van der Waals surface area contributed by atoms with Gasteiger partial charge in [-0.3, -0.25) is 0 Å². The third-order valence-electron chi connectivity index (χ3n) is 4.12. The molecule has 130 valence electrons. The van der Waals surface area contributed by atoms with Crippen LogP contribution in [0.4, 0.5) is 23.1 Å². The Labute approximate surface area is 156 Å². The number of para-hydroxylation sites is 1. The summed E-state index contributed by atoms with van der Waals surface area (Å²) in [5.41, 5.74) is 4.09. The molecule has 0 amide bonds. The maximum absolute atomic E-state index is 9.79. The zero-order chi connectivity index (χ0) is 18.1. The fraction of sp³-hybridized carbons (Fsp3) is 0.111. The van der Waals surface area contributed by atoms with Gasteiger partial charge in [0.25, 0.3) is 0 Å². The van der Waals surface area contributed by atoms with Crippen LogP contribution in [-0.2, 0) is 11.3 Å². The lowest BCUT2D eigenvalue weighted by Gasteiger charge is -2.12. The Morgan fingerprint density at radius 2 is 1.96 bits per heavy atom. The van der Waals surface area contributed by atoms with Crippen molar-refractivity contribution in [1.29, 1.82) is 0 Å². The molecule has 4 rings (SSSR count). The standard InChI is InChI=1S/C18H16BClN4O2/c1-11-9-21-18(24-17(11)22-13-5-3-2-4-6-13)23-14-7-12-10-26-19(25)16(12)15(20)8-14/h2-9,25H,10H2,1H3,(H2,21,22,23,24). The number of aryl methyl sites for hydroxylation is 1. The second-order valence-electron chi connectivity index (χ2n) is 6.04. The first kappa shape index (κ1) is 16.8. The number of benzene rings is 2. The molecular formula is C18H16BClN4O2. The number of nitrogens with zero attached hydrogens (tertiary/aromatic N) is 2. The molecule has 1 aromatic heterocycles. The van der Waals surface area contributed by atoms with E-state index in [1.807, 2.05) is 43.3 Å². The molecule has 2 heterocycles. The maximum atomic E-state index is 9.79. The van der Waals surface area contributed by atoms with Gasteiger partial charge >= 0.3 is 7.12 Å². The monoisotopic (exact) mass is 366 g/mol. The molecule has 0 atom stereocenters. The summed E-state index contributed by atoms with van der Waals surface area (Å²) >= 11 is 6.27. The van der Waals surface area contributed by atoms with Crippen molar-refractivity contribution in [3.63, 3.8) is 0 Å². The minimum Gasteiger partial charge on any atom is -0.423 e. The van der Waals surface area contributed by atoms with Crippen molar-refractivity contribution >= 4 is 47.3 Å². The van der Waals surface area contributed by atoms with Gasteiger partial charge in [0.2, 0.25) is 5.95 Å². The molecule has 3 aromatic rings. The van der Waals surface area contributed by atoms with Gasteiger partial charge in [0.05, 0.1) is 6.61 Å². The first-order valence-corrected chi connectivity index (χ1v) is 8.52. The number of fused-ring (bicyclic) bond motifs is 1. The highest BCUT2D eigenvalue weighted by Crippen LogP contribution is 2.25. The Morgan fingerprint density at radius 1 is 1.15 bits per heavy atom. The van der Waals surface area contributed by atoms with Crippen molar-refractivity contribution in [1.82, 2.24) is 9.97 Å². The smallest absolute Gasteiger partial charge is 0.423 e. The van der Waals surface area contributed by atoms with Crippen molar-refractivity contribution < 1.29 is 9.68 Å². The summed E-state index contributed by atoms with van der Waals surface area (Å²) in [7, 11) is -0.969. The minimum absolute atomic E-state index is 0.321. The third kappa shape index (κ3) is 3.37. The van der Waals surface area contributed by atoms with Crippen LogP contribution < -0.4 is 16.1 Å². The van der Waals surface area contributed by atoms with Gasteiger partial charge in [0.15, 0.2) is 0 Å². The number of hydrogen-bond acceptors (Lipinski definition) is 6. The van der Waals surface area contributed by atoms with E-state index in [2.05, 4.69) is 20.6 Å². The van der Waals surface area contributed by atoms with E-state index in [-0.39, 0.29) is 0 Å². The summed E-state index contributed by atoms with van der Waals surface area (Å²) in [6.45, 7) is 2.27. The summed E-state index contributed by atoms with van der Waals surface area (Å²) in [6.07, 6.45) is 1.75. The fourth-order valence-electron chi connectivity index (χ4n) is 2.81. The summed E-state index contributed by atoms with van der Waals surface area (Å²) in [5, 5.41) is 16.7. The minimum atomic E-state index is -0.969. The second kappa shape index (κ2) is 6.95. The summed E-state index contributed by atoms with van der Waals surface area (Å²) in [5.74, 6) is 1.17. The summed E-state index contributed by atoms with van der Waals surface area (Å²) in [4.78, 5) is 8.87. The molecule has 1 aliphatic rings. The highest BCUT2D eigenvalue weighted by Gasteiger charge is 2.30. The maximum Gasteiger partial charge on any atom is 0.493 e. The summed E-state index contributed by atoms with van der Waals surface area (Å²) in [6, 6.07) is 13.4. The summed E-state index contributed by atoms with van der Waals surface area (Å²) < 4.78 is 5.21. The Kier molecular flexibility index (Phi) is 4.50. The molecular weight excluding hydrogens is 350 g/mol. The van der Waals surface area contributed by atoms with Gasteiger partial charge in [-0.25, -0.2) is 4.98 Å². The van der Waals surface area contributed by atoms with E-state index < -0.39 is 7.12 Å². The largest absolute Gasteiger partial charge is 0.493 e. The molecule has 8 heteroatoms. The number of anilines is 4. The van der Waals surface area contributed by atoms with E-state index in [1.165, 1.54) is 0 Å². The molecule has 0 saturated carbocycles. The van der Waals surface area contributed by atoms with Gasteiger partial charge in [-0.05, 0) is 36.8 Å². The van der Waals surface area contributed by atoms with Crippen molar-refractivity contribution in [3.8, 4) is 0 Å². The quantitative estimate of drug-likeness (QED) is 0.616. The number of hydrogen-bond donors (Lipinski definition) is 3. The third-order valence-corrected chi connectivity index (χ3v) is 4.44. The zero-order valence-corrected chi connectivity index (χ0v) is 14.8. The van der Waals surface area contributed by atoms with E-state index >= 15 is 0 Å². The number of aromatic nitrogens is 2. The lowest BCUT2D eigenvalue weighted by molar-refractivity contribution is 0.275. The molecule has 0 bridgehead atoms. The van der Waals surface area contributed by atoms with Gasteiger partial charge < -0.3 is 20.3 Å². The van der Waals surface area contributed by atoms with Crippen LogP contribution in [0.25, 0.3) is 0 Å². The molecule has 6 nitrogen and oxygen atoms in total. The van der Waals surface area contributed by atoms with Crippen LogP contribution in [0.3, 0.4) is 0 Å². The van der Waals surface area contributed by atoms with E-state index in [0.29, 0.717) is 23.0 Å². The first-order chi connectivity index (χ1) is 12.6. The Balaban J connectivity index is 1.59. The van der Waals surface area contributed by atoms with Gasteiger partial charge in [-0.1, -0.05) is 29.8 Å². The van der Waals surface area contributed by atoms with Crippen LogP contribution in [-0.4, -0.2) is 22.1 Å². The van der Waals surface area contributed by atoms with Crippen molar-refractivity contribution in [3.05, 3.63) is 64.8 Å². The molecule has 2 aromatic carbocycles. The first-order valence-electron chi connectivity index (χ1n) is 8.15. The Morgan fingerprint density at radius 3 is 2.77 bits per heavy atom. The lowest BCUT2D eigenvalue weighted by atomic mass is 9.79. The molecule has 0 aliphatic carbocycles. The molecule has 0 spiro atoms. The van der Waals surface area contributed by atoms with Gasteiger partial charge in [-0.15, -0.1) is 0 Å². The zero-order valence-electron chi connectivity index (χ0n) is 14.0. The Bertz CT molecular complexity index is 955. The fourth-order valence-corrected chi connectivity index (χ4v) is 3.14. The van der Waals surface area contributed by atoms with Gasteiger partial charge in [0, 0.05) is 33.6 Å². The van der Waals surface area contributed by atoms with Crippen LogP contribution >= 0.6 is 11.6 Å². The topological polar surface area (TPSA) is 79.3 Å². The number of halogens is 1. The van der Waals surface area contributed by atoms with E-state index in [9.17, 15) is 5.02 Å². The van der Waals surface area contributed by atoms with Crippen LogP contribution in [0.5, 0.6) is 0 Å². The highest BCUT2D eigenvalue weighted by atomic mass is 35.5. The van der Waals surface area contributed by atoms with Crippen LogP contribution in [0, 0.1) is 6.92 Å². The Hall–Kier alpha value is -2.61. The average Bonchev–Trinajstić information content (AvgIpc) is 3.00. The number of rotatable bonds is 4. The van der Waals surface area contributed by atoms with Crippen LogP contribution in [0.15, 0.2) is 48.7 Å². The SMILES string of the molecule is Cc1cnc(Nc2cc(Cl)c3c(c2)COB3O)nc1Nc1ccccc1. The average molecular weight is 367 g/mol. The van der Waals surface area contributed by atoms with Gasteiger partial charge in [0.1, 0.15) is 5.82 Å². The van der Waals surface area contributed by atoms with Crippen LogP contribution in [0.2, 0.25) is 5.02 Å². The van der Waals surface area contributed by atoms with E-state index in [1.54, 1.807) is 12.3 Å². The molecule has 26 heavy (non-hydrogen) atoms. The van der Waals surface area contributed by atoms with Gasteiger partial charge in [-0.2, -0.15) is 4.98 Å². The lowest BCUT2D eigenvalue weighted by Crippen LogP contribution is -2.29. The predicted molar refractivity (Wildman–Crippen MR) is 104 cm³/mol. The number of nitrogens with one attached hydrogen (secondary N) is 2. The molecule has 0 unspecified atom stereocenters. The normalized spacial score (nSPS) is 12.8. The second-order valence-corrected chi connectivity index (χ2v) is 6.44. The molecule has 0 saturated heterocycles. The molecule has 0 radical (unpaired) electrons. The van der Waals surface area contributed by atoms with Crippen molar-refractivity contribution in [2.45, 2.75) is 13.5 Å². The highest BCUT2D eigenvalue weighted by molar-refractivity contribution is 6.65. The molecule has 1 aliphatic heterocycles. The van der Waals surface area contributed by atoms with Crippen molar-refractivity contribution in [2.24, 2.45) is 0 Å². The predicted octanol–water partition coefficient (Wildman–Crippen LogP) is 3.14. The molecule has 0 fully saturated rings. The van der Waals surface area contributed by atoms with Crippen molar-refractivity contribution in [2.75, 3.05) is 10.6 Å². The molecule has 3 N–H and O–H groups in total.